The van der Waals surface area contributed by atoms with Gasteiger partial charge < -0.3 is 14.2 Å². The average Bonchev–Trinajstić information content (AvgIpc) is 3.27. The lowest BCUT2D eigenvalue weighted by molar-refractivity contribution is -0.140. The summed E-state index contributed by atoms with van der Waals surface area (Å²) in [6.45, 7) is 5.43. The first-order valence-electron chi connectivity index (χ1n) is 16.4. The van der Waals surface area contributed by atoms with Crippen molar-refractivity contribution < 1.29 is 22.7 Å². The Bertz CT molecular complexity index is 1850. The molecule has 2 unspecified atom stereocenters. The Labute approximate surface area is 264 Å². The van der Waals surface area contributed by atoms with E-state index >= 15 is 0 Å². The number of amides is 2. The number of piperazine rings is 1. The van der Waals surface area contributed by atoms with Crippen LogP contribution in [-0.2, 0) is 21.5 Å². The fraction of sp³-hybridized carbons (Fsp3) is 0.529. The van der Waals surface area contributed by atoms with Crippen LogP contribution in [0, 0.1) is 5.41 Å². The highest BCUT2D eigenvalue weighted by Crippen LogP contribution is 2.66. The third-order valence-corrected chi connectivity index (χ3v) is 11.9. The summed E-state index contributed by atoms with van der Waals surface area (Å²) in [5, 5.41) is 6.21. The van der Waals surface area contributed by atoms with Gasteiger partial charge in [-0.25, -0.2) is 9.86 Å². The Balaban J connectivity index is 1.32. The molecule has 4 fully saturated rings. The summed E-state index contributed by atoms with van der Waals surface area (Å²) in [6, 6.07) is 12.4. The van der Waals surface area contributed by atoms with Crippen LogP contribution < -0.4 is 14.6 Å². The van der Waals surface area contributed by atoms with Crippen LogP contribution in [0.1, 0.15) is 85.2 Å². The number of likely N-dealkylation sites (tertiary alicyclic amines) is 2. The minimum Gasteiger partial charge on any atom is -0.497 e. The van der Waals surface area contributed by atoms with Gasteiger partial charge in [0.2, 0.25) is 5.91 Å². The predicted molar refractivity (Wildman–Crippen MR) is 171 cm³/mol. The summed E-state index contributed by atoms with van der Waals surface area (Å²) < 4.78 is 33.4. The van der Waals surface area contributed by atoms with Crippen LogP contribution >= 0.6 is 0 Å². The van der Waals surface area contributed by atoms with Gasteiger partial charge >= 0.3 is 0 Å². The number of hydrogen-bond acceptors (Lipinski definition) is 6. The number of nitrogens with zero attached hydrogens (tertiary/aromatic N) is 3. The molecule has 2 bridgehead atoms. The standard InChI is InChI=1S/C34H41N5O5S/c1-3-37-17-23-14-22(37)18-38(23)33(41)34-16-28(34)27-15-24(44-2)10-12-25(27)31-30(20-7-5-4-6-8-20)26-11-9-21(13-29(26)39(31)19-34)32(40)36-45(35,42)43/h9-13,15,20,22-23,28H,3-8,14,16-19H2,1-2H3,(H,36,40)(H2,35,42,43)/t22-,23-,28?,34?/m0/s1. The van der Waals surface area contributed by atoms with E-state index in [-0.39, 0.29) is 23.4 Å². The summed E-state index contributed by atoms with van der Waals surface area (Å²) in [6.07, 6.45) is 7.53. The van der Waals surface area contributed by atoms with Crippen LogP contribution in [0.15, 0.2) is 36.4 Å². The first-order valence-corrected chi connectivity index (χ1v) is 17.9. The largest absolute Gasteiger partial charge is 0.497 e. The smallest absolute Gasteiger partial charge is 0.298 e. The van der Waals surface area contributed by atoms with Crippen molar-refractivity contribution in [2.24, 2.45) is 10.6 Å². The fourth-order valence-corrected chi connectivity index (χ4v) is 9.66. The Hall–Kier alpha value is -3.41. The molecule has 2 aliphatic carbocycles. The number of carbonyl (C=O) groups excluding carboxylic acids is 2. The number of nitrogens with one attached hydrogen (secondary N) is 1. The second-order valence-corrected chi connectivity index (χ2v) is 15.1. The minimum absolute atomic E-state index is 0.0690. The molecule has 2 saturated heterocycles. The van der Waals surface area contributed by atoms with Gasteiger partial charge in [0, 0.05) is 59.7 Å². The first kappa shape index (κ1) is 29.0. The molecule has 45 heavy (non-hydrogen) atoms. The van der Waals surface area contributed by atoms with Crippen molar-refractivity contribution in [3.05, 3.63) is 53.1 Å². The van der Waals surface area contributed by atoms with E-state index in [2.05, 4.69) is 33.4 Å². The third-order valence-electron chi connectivity index (χ3n) is 11.5. The maximum atomic E-state index is 14.8. The highest BCUT2D eigenvalue weighted by molar-refractivity contribution is 7.87. The normalized spacial score (nSPS) is 27.5. The average molecular weight is 632 g/mol. The third kappa shape index (κ3) is 4.52. The monoisotopic (exact) mass is 631 g/mol. The maximum absolute atomic E-state index is 14.8. The maximum Gasteiger partial charge on any atom is 0.298 e. The molecule has 4 heterocycles. The number of carbonyl (C=O) groups is 2. The topological polar surface area (TPSA) is 127 Å². The van der Waals surface area contributed by atoms with Crippen LogP contribution in [-0.4, -0.2) is 73.4 Å². The Morgan fingerprint density at radius 1 is 1.07 bits per heavy atom. The molecule has 1 aromatic heterocycles. The highest BCUT2D eigenvalue weighted by atomic mass is 32.2. The summed E-state index contributed by atoms with van der Waals surface area (Å²) in [5.74, 6) is 0.677. The second kappa shape index (κ2) is 10.3. The lowest BCUT2D eigenvalue weighted by atomic mass is 9.81. The van der Waals surface area contributed by atoms with Gasteiger partial charge in [0.25, 0.3) is 16.1 Å². The molecule has 2 amide bonds. The number of rotatable bonds is 6. The van der Waals surface area contributed by atoms with E-state index in [0.717, 1.165) is 78.8 Å². The molecular formula is C34H41N5O5S. The van der Waals surface area contributed by atoms with Crippen molar-refractivity contribution in [2.45, 2.75) is 82.3 Å². The van der Waals surface area contributed by atoms with Crippen molar-refractivity contribution in [2.75, 3.05) is 26.7 Å². The van der Waals surface area contributed by atoms with Crippen molar-refractivity contribution in [3.63, 3.8) is 0 Å². The van der Waals surface area contributed by atoms with Gasteiger partial charge in [0.1, 0.15) is 5.75 Å². The van der Waals surface area contributed by atoms with Crippen LogP contribution in [0.3, 0.4) is 0 Å². The van der Waals surface area contributed by atoms with E-state index in [1.807, 2.05) is 16.9 Å². The molecule has 238 valence electrons. The number of hydrogen-bond donors (Lipinski definition) is 2. The van der Waals surface area contributed by atoms with Crippen molar-refractivity contribution in [1.29, 1.82) is 0 Å². The molecular weight excluding hydrogens is 590 g/mol. The van der Waals surface area contributed by atoms with Crippen molar-refractivity contribution in [1.82, 2.24) is 19.1 Å². The highest BCUT2D eigenvalue weighted by Gasteiger charge is 2.65. The van der Waals surface area contributed by atoms with Crippen LogP contribution in [0.2, 0.25) is 0 Å². The lowest BCUT2D eigenvalue weighted by Gasteiger charge is -2.36. The Morgan fingerprint density at radius 3 is 2.56 bits per heavy atom. The zero-order chi connectivity index (χ0) is 31.2. The van der Waals surface area contributed by atoms with E-state index in [1.165, 1.54) is 24.8 Å². The number of likely N-dealkylation sites (N-methyl/N-ethyl adjacent to an activating group) is 1. The van der Waals surface area contributed by atoms with Gasteiger partial charge in [-0.1, -0.05) is 32.3 Å². The van der Waals surface area contributed by atoms with Crippen molar-refractivity contribution >= 4 is 32.9 Å². The number of methoxy groups -OCH3 is 1. The molecule has 4 atom stereocenters. The number of ether oxygens (including phenoxy) is 1. The number of benzene rings is 2. The van der Waals surface area contributed by atoms with E-state index in [0.29, 0.717) is 18.5 Å². The zero-order valence-electron chi connectivity index (χ0n) is 25.9. The molecule has 3 N–H and O–H groups in total. The van der Waals surface area contributed by atoms with Gasteiger partial charge in [0.05, 0.1) is 18.2 Å². The minimum atomic E-state index is -4.22. The quantitative estimate of drug-likeness (QED) is 0.422. The summed E-state index contributed by atoms with van der Waals surface area (Å²) in [5.41, 5.74) is 5.16. The van der Waals surface area contributed by atoms with Crippen LogP contribution in [0.5, 0.6) is 5.75 Å². The van der Waals surface area contributed by atoms with E-state index in [4.69, 9.17) is 9.88 Å². The molecule has 10 nitrogen and oxygen atoms in total. The molecule has 11 heteroatoms. The fourth-order valence-electron chi connectivity index (χ4n) is 9.28. The number of fused-ring (bicyclic) bond motifs is 9. The van der Waals surface area contributed by atoms with Gasteiger partial charge in [-0.15, -0.1) is 0 Å². The molecule has 3 aliphatic heterocycles. The van der Waals surface area contributed by atoms with Gasteiger partial charge in [-0.3, -0.25) is 14.5 Å². The van der Waals surface area contributed by atoms with E-state index in [9.17, 15) is 18.0 Å². The van der Waals surface area contributed by atoms with Crippen molar-refractivity contribution in [3.8, 4) is 17.0 Å². The number of nitrogens with two attached hydrogens (primary N) is 1. The lowest BCUT2D eigenvalue weighted by Crippen LogP contribution is -2.51. The first-order chi connectivity index (χ1) is 21.6. The summed E-state index contributed by atoms with van der Waals surface area (Å²) in [4.78, 5) is 32.4. The molecule has 0 radical (unpaired) electrons. The summed E-state index contributed by atoms with van der Waals surface area (Å²) >= 11 is 0. The van der Waals surface area contributed by atoms with Gasteiger partial charge in [0.15, 0.2) is 0 Å². The number of aromatic nitrogens is 1. The predicted octanol–water partition coefficient (Wildman–Crippen LogP) is 4.09. The van der Waals surface area contributed by atoms with Crippen LogP contribution in [0.4, 0.5) is 0 Å². The van der Waals surface area contributed by atoms with Gasteiger partial charge in [-0.2, -0.15) is 8.42 Å². The SMILES string of the molecule is CCN1C[C@@H]2C[C@H]1CN2C(=O)C12CC1c1cc(OC)ccc1-c1c(C3CCCCC3)c3ccc(C(=O)NS(N)(=O)=O)cc3n1C2. The van der Waals surface area contributed by atoms with Crippen LogP contribution in [0.25, 0.3) is 22.2 Å². The molecule has 5 aliphatic rings. The molecule has 3 aromatic rings. The molecule has 8 rings (SSSR count). The molecule has 0 spiro atoms. The Morgan fingerprint density at radius 2 is 1.87 bits per heavy atom. The summed E-state index contributed by atoms with van der Waals surface area (Å²) in [7, 11) is -2.54. The Kier molecular flexibility index (Phi) is 6.64. The second-order valence-electron chi connectivity index (χ2n) is 13.8. The van der Waals surface area contributed by atoms with E-state index in [1.54, 1.807) is 19.2 Å². The van der Waals surface area contributed by atoms with Gasteiger partial charge in [-0.05, 0) is 79.6 Å². The molecule has 2 saturated carbocycles. The molecule has 2 aromatic carbocycles. The zero-order valence-corrected chi connectivity index (χ0v) is 26.7. The van der Waals surface area contributed by atoms with E-state index < -0.39 is 21.5 Å².